The Morgan fingerprint density at radius 2 is 2.14 bits per heavy atom. The predicted molar refractivity (Wildman–Crippen MR) is 51.9 cm³/mol. The molecule has 0 bridgehead atoms. The largest absolute Gasteiger partial charge is 0.486 e. The van der Waals surface area contributed by atoms with Crippen LogP contribution in [0.25, 0.3) is 0 Å². The van der Waals surface area contributed by atoms with Crippen LogP contribution < -0.4 is 9.47 Å². The van der Waals surface area contributed by atoms with Crippen LogP contribution in [0.3, 0.4) is 0 Å². The summed E-state index contributed by atoms with van der Waals surface area (Å²) >= 11 is 5.91. The number of rotatable bonds is 0. The van der Waals surface area contributed by atoms with E-state index in [-0.39, 0.29) is 0 Å². The Morgan fingerprint density at radius 3 is 2.86 bits per heavy atom. The SMILES string of the molecule is Cc1c(C#N)c(Cl)cc2c1OCCO2. The Bertz CT molecular complexity index is 423. The summed E-state index contributed by atoms with van der Waals surface area (Å²) in [6.45, 7) is 2.84. The van der Waals surface area contributed by atoms with Crippen molar-refractivity contribution < 1.29 is 9.47 Å². The van der Waals surface area contributed by atoms with Gasteiger partial charge in [0.05, 0.1) is 10.6 Å². The highest BCUT2D eigenvalue weighted by molar-refractivity contribution is 6.32. The molecule has 0 radical (unpaired) electrons. The molecule has 0 aliphatic carbocycles. The molecule has 0 atom stereocenters. The lowest BCUT2D eigenvalue weighted by Gasteiger charge is -2.21. The second-order valence-electron chi connectivity index (χ2n) is 2.99. The molecule has 0 fully saturated rings. The molecule has 3 nitrogen and oxygen atoms in total. The molecule has 1 aromatic rings. The van der Waals surface area contributed by atoms with E-state index >= 15 is 0 Å². The highest BCUT2D eigenvalue weighted by Gasteiger charge is 2.19. The van der Waals surface area contributed by atoms with Crippen molar-refractivity contribution in [3.8, 4) is 17.6 Å². The number of ether oxygens (including phenoxy) is 2. The van der Waals surface area contributed by atoms with Gasteiger partial charge < -0.3 is 9.47 Å². The average Bonchev–Trinajstić information content (AvgIpc) is 2.18. The first-order chi connectivity index (χ1) is 6.74. The lowest BCUT2D eigenvalue weighted by molar-refractivity contribution is 0.170. The molecule has 0 unspecified atom stereocenters. The van der Waals surface area contributed by atoms with Crippen LogP contribution in [0.4, 0.5) is 0 Å². The summed E-state index contributed by atoms with van der Waals surface area (Å²) in [6, 6.07) is 3.67. The van der Waals surface area contributed by atoms with Gasteiger partial charge in [-0.15, -0.1) is 0 Å². The van der Waals surface area contributed by atoms with Crippen LogP contribution in [0, 0.1) is 18.3 Å². The average molecular weight is 210 g/mol. The Morgan fingerprint density at radius 1 is 1.43 bits per heavy atom. The first-order valence-corrected chi connectivity index (χ1v) is 4.60. The van der Waals surface area contributed by atoms with Gasteiger partial charge in [-0.2, -0.15) is 5.26 Å². The van der Waals surface area contributed by atoms with Crippen LogP contribution in [-0.2, 0) is 0 Å². The zero-order valence-corrected chi connectivity index (χ0v) is 8.39. The summed E-state index contributed by atoms with van der Waals surface area (Å²) in [4.78, 5) is 0. The van der Waals surface area contributed by atoms with E-state index < -0.39 is 0 Å². The molecule has 4 heteroatoms. The quantitative estimate of drug-likeness (QED) is 0.659. The standard InChI is InChI=1S/C10H8ClNO2/c1-6-7(5-12)8(11)4-9-10(6)14-3-2-13-9/h4H,2-3H2,1H3. The minimum Gasteiger partial charge on any atom is -0.486 e. The van der Waals surface area contributed by atoms with E-state index in [4.69, 9.17) is 26.3 Å². The van der Waals surface area contributed by atoms with Gasteiger partial charge in [0.15, 0.2) is 11.5 Å². The zero-order valence-electron chi connectivity index (χ0n) is 7.63. The van der Waals surface area contributed by atoms with E-state index in [9.17, 15) is 0 Å². The van der Waals surface area contributed by atoms with E-state index in [1.54, 1.807) is 13.0 Å². The summed E-state index contributed by atoms with van der Waals surface area (Å²) in [5.41, 5.74) is 1.20. The lowest BCUT2D eigenvalue weighted by atomic mass is 10.1. The minimum absolute atomic E-state index is 0.411. The van der Waals surface area contributed by atoms with Crippen LogP contribution in [0.2, 0.25) is 5.02 Å². The first-order valence-electron chi connectivity index (χ1n) is 4.23. The second kappa shape index (κ2) is 3.39. The number of fused-ring (bicyclic) bond motifs is 1. The molecule has 0 aromatic heterocycles. The van der Waals surface area contributed by atoms with Crippen molar-refractivity contribution >= 4 is 11.6 Å². The Balaban J connectivity index is 2.65. The molecule has 1 aliphatic rings. The van der Waals surface area contributed by atoms with Crippen LogP contribution in [0.15, 0.2) is 6.07 Å². The summed E-state index contributed by atoms with van der Waals surface area (Å²) in [6.07, 6.45) is 0. The van der Waals surface area contributed by atoms with Gasteiger partial charge in [0.2, 0.25) is 0 Å². The molecule has 2 rings (SSSR count). The summed E-state index contributed by atoms with van der Waals surface area (Å²) in [5, 5.41) is 9.28. The number of hydrogen-bond acceptors (Lipinski definition) is 3. The maximum Gasteiger partial charge on any atom is 0.165 e. The monoisotopic (exact) mass is 209 g/mol. The van der Waals surface area contributed by atoms with E-state index in [1.807, 2.05) is 6.07 Å². The third-order valence-electron chi connectivity index (χ3n) is 2.14. The van der Waals surface area contributed by atoms with Gasteiger partial charge in [0.25, 0.3) is 0 Å². The van der Waals surface area contributed by atoms with Crippen molar-refractivity contribution in [1.82, 2.24) is 0 Å². The van der Waals surface area contributed by atoms with Crippen molar-refractivity contribution in [3.63, 3.8) is 0 Å². The second-order valence-corrected chi connectivity index (χ2v) is 3.40. The van der Waals surface area contributed by atoms with E-state index in [0.717, 1.165) is 5.56 Å². The summed E-state index contributed by atoms with van der Waals surface area (Å²) < 4.78 is 10.8. The maximum atomic E-state index is 8.87. The molecule has 0 spiro atoms. The van der Waals surface area contributed by atoms with E-state index in [2.05, 4.69) is 0 Å². The molecule has 72 valence electrons. The van der Waals surface area contributed by atoms with Gasteiger partial charge in [0, 0.05) is 11.6 Å². The van der Waals surface area contributed by atoms with Crippen molar-refractivity contribution in [2.75, 3.05) is 13.2 Å². The summed E-state index contributed by atoms with van der Waals surface area (Å²) in [7, 11) is 0. The van der Waals surface area contributed by atoms with Crippen LogP contribution in [0.1, 0.15) is 11.1 Å². The fourth-order valence-electron chi connectivity index (χ4n) is 1.45. The molecule has 0 amide bonds. The van der Waals surface area contributed by atoms with Crippen molar-refractivity contribution in [3.05, 3.63) is 22.2 Å². The van der Waals surface area contributed by atoms with Gasteiger partial charge in [-0.25, -0.2) is 0 Å². The number of benzene rings is 1. The molecule has 0 N–H and O–H groups in total. The molecule has 1 aromatic carbocycles. The summed E-state index contributed by atoms with van der Waals surface area (Å²) in [5.74, 6) is 1.26. The Labute approximate surface area is 86.8 Å². The fraction of sp³-hybridized carbons (Fsp3) is 0.300. The topological polar surface area (TPSA) is 42.2 Å². The van der Waals surface area contributed by atoms with Crippen LogP contribution >= 0.6 is 11.6 Å². The normalized spacial score (nSPS) is 13.5. The molecular weight excluding hydrogens is 202 g/mol. The van der Waals surface area contributed by atoms with Crippen molar-refractivity contribution in [2.24, 2.45) is 0 Å². The van der Waals surface area contributed by atoms with E-state index in [1.165, 1.54) is 0 Å². The first kappa shape index (κ1) is 9.17. The van der Waals surface area contributed by atoms with Gasteiger partial charge in [-0.05, 0) is 6.92 Å². The number of halogens is 1. The zero-order chi connectivity index (χ0) is 10.1. The number of hydrogen-bond donors (Lipinski definition) is 0. The van der Waals surface area contributed by atoms with Gasteiger partial charge >= 0.3 is 0 Å². The Hall–Kier alpha value is -1.40. The molecular formula is C10H8ClNO2. The smallest absolute Gasteiger partial charge is 0.165 e. The molecule has 1 aliphatic heterocycles. The van der Waals surface area contributed by atoms with Crippen LogP contribution in [-0.4, -0.2) is 13.2 Å². The highest BCUT2D eigenvalue weighted by atomic mass is 35.5. The van der Waals surface area contributed by atoms with E-state index in [0.29, 0.717) is 35.3 Å². The molecule has 0 saturated heterocycles. The minimum atomic E-state index is 0.411. The van der Waals surface area contributed by atoms with Gasteiger partial charge in [-0.1, -0.05) is 11.6 Å². The predicted octanol–water partition coefficient (Wildman–Crippen LogP) is 2.29. The van der Waals surface area contributed by atoms with Crippen LogP contribution in [0.5, 0.6) is 11.5 Å². The van der Waals surface area contributed by atoms with Crippen molar-refractivity contribution in [1.29, 1.82) is 5.26 Å². The Kier molecular flexibility index (Phi) is 2.22. The number of nitriles is 1. The molecule has 1 heterocycles. The third kappa shape index (κ3) is 1.28. The maximum absolute atomic E-state index is 8.87. The number of nitrogens with zero attached hydrogens (tertiary/aromatic N) is 1. The highest BCUT2D eigenvalue weighted by Crippen LogP contribution is 2.38. The third-order valence-corrected chi connectivity index (χ3v) is 2.43. The molecule has 14 heavy (non-hydrogen) atoms. The van der Waals surface area contributed by atoms with Crippen molar-refractivity contribution in [2.45, 2.75) is 6.92 Å². The van der Waals surface area contributed by atoms with Gasteiger partial charge in [0.1, 0.15) is 19.3 Å². The lowest BCUT2D eigenvalue weighted by Crippen LogP contribution is -2.16. The molecule has 0 saturated carbocycles. The fourth-order valence-corrected chi connectivity index (χ4v) is 1.73. The van der Waals surface area contributed by atoms with Gasteiger partial charge in [-0.3, -0.25) is 0 Å².